The molecule has 0 atom stereocenters. The second kappa shape index (κ2) is 11.6. The molecule has 2 N–H and O–H groups in total. The van der Waals surface area contributed by atoms with Crippen LogP contribution in [-0.2, 0) is 11.4 Å². The number of carboxylic acids is 1. The standard InChI is InChI=1S/C26H21ClN2O6/c1-33-21-9-7-20(8-10-21)29-25(30)19(14-28)11-17-12-22(27)24(23(13-17)34-2)35-15-16-3-5-18(6-4-16)26(31)32/h3-13H,15H2,1-2H3,(H,29,30)(H,31,32)/b19-11+. The van der Waals surface area contributed by atoms with E-state index in [1.165, 1.54) is 25.3 Å². The third-order valence-corrected chi connectivity index (χ3v) is 5.14. The van der Waals surface area contributed by atoms with Crippen LogP contribution in [-0.4, -0.2) is 31.2 Å². The van der Waals surface area contributed by atoms with Gasteiger partial charge in [-0.25, -0.2) is 4.79 Å². The Hall–Kier alpha value is -4.48. The van der Waals surface area contributed by atoms with Crippen LogP contribution < -0.4 is 19.5 Å². The van der Waals surface area contributed by atoms with Crippen molar-refractivity contribution < 1.29 is 28.9 Å². The lowest BCUT2D eigenvalue weighted by Crippen LogP contribution is -2.13. The van der Waals surface area contributed by atoms with Crippen LogP contribution in [0.2, 0.25) is 5.02 Å². The van der Waals surface area contributed by atoms with Crippen molar-refractivity contribution in [3.63, 3.8) is 0 Å². The summed E-state index contributed by atoms with van der Waals surface area (Å²) < 4.78 is 16.3. The van der Waals surface area contributed by atoms with E-state index in [4.69, 9.17) is 30.9 Å². The van der Waals surface area contributed by atoms with Crippen LogP contribution in [0, 0.1) is 11.3 Å². The normalized spacial score (nSPS) is 10.7. The molecule has 0 aliphatic carbocycles. The van der Waals surface area contributed by atoms with Crippen molar-refractivity contribution in [3.8, 4) is 23.3 Å². The van der Waals surface area contributed by atoms with Crippen molar-refractivity contribution in [2.45, 2.75) is 6.61 Å². The highest BCUT2D eigenvalue weighted by atomic mass is 35.5. The van der Waals surface area contributed by atoms with Gasteiger partial charge in [-0.05, 0) is 65.7 Å². The Morgan fingerprint density at radius 1 is 1.06 bits per heavy atom. The number of hydrogen-bond acceptors (Lipinski definition) is 6. The van der Waals surface area contributed by atoms with Gasteiger partial charge >= 0.3 is 5.97 Å². The van der Waals surface area contributed by atoms with Gasteiger partial charge in [0.05, 0.1) is 24.8 Å². The number of nitrogens with zero attached hydrogens (tertiary/aromatic N) is 1. The Balaban J connectivity index is 1.77. The van der Waals surface area contributed by atoms with Gasteiger partial charge in [0.15, 0.2) is 11.5 Å². The molecule has 1 amide bonds. The second-order valence-corrected chi connectivity index (χ2v) is 7.58. The highest BCUT2D eigenvalue weighted by Crippen LogP contribution is 2.37. The molecule has 0 heterocycles. The molecular weight excluding hydrogens is 472 g/mol. The summed E-state index contributed by atoms with van der Waals surface area (Å²) >= 11 is 6.40. The molecule has 3 aromatic rings. The number of ether oxygens (including phenoxy) is 3. The second-order valence-electron chi connectivity index (χ2n) is 7.18. The maximum absolute atomic E-state index is 12.6. The molecule has 3 rings (SSSR count). The number of methoxy groups -OCH3 is 2. The highest BCUT2D eigenvalue weighted by Gasteiger charge is 2.15. The maximum Gasteiger partial charge on any atom is 0.335 e. The van der Waals surface area contributed by atoms with Gasteiger partial charge in [0.2, 0.25) is 0 Å². The van der Waals surface area contributed by atoms with E-state index in [-0.39, 0.29) is 28.5 Å². The number of nitrogens with one attached hydrogen (secondary N) is 1. The number of hydrogen-bond donors (Lipinski definition) is 2. The quantitative estimate of drug-likeness (QED) is 0.312. The van der Waals surface area contributed by atoms with Crippen LogP contribution in [0.25, 0.3) is 6.08 Å². The van der Waals surface area contributed by atoms with Crippen LogP contribution in [0.5, 0.6) is 17.2 Å². The minimum Gasteiger partial charge on any atom is -0.497 e. The molecule has 0 aliphatic heterocycles. The SMILES string of the molecule is COc1ccc(NC(=O)/C(C#N)=C/c2cc(Cl)c(OCc3ccc(C(=O)O)cc3)c(OC)c2)cc1. The molecule has 0 bridgehead atoms. The summed E-state index contributed by atoms with van der Waals surface area (Å²) in [5.74, 6) is -0.382. The van der Waals surface area contributed by atoms with E-state index in [1.807, 2.05) is 6.07 Å². The van der Waals surface area contributed by atoms with Gasteiger partial charge in [0.1, 0.15) is 24.0 Å². The summed E-state index contributed by atoms with van der Waals surface area (Å²) in [5, 5.41) is 21.4. The number of rotatable bonds is 9. The third-order valence-electron chi connectivity index (χ3n) is 4.86. The van der Waals surface area contributed by atoms with Crippen LogP contribution in [0.3, 0.4) is 0 Å². The number of carbonyl (C=O) groups excluding carboxylic acids is 1. The molecule has 9 heteroatoms. The lowest BCUT2D eigenvalue weighted by Gasteiger charge is -2.14. The van der Waals surface area contributed by atoms with Crippen molar-refractivity contribution in [2.75, 3.05) is 19.5 Å². The molecule has 35 heavy (non-hydrogen) atoms. The number of carbonyl (C=O) groups is 2. The van der Waals surface area contributed by atoms with Crippen molar-refractivity contribution >= 4 is 35.2 Å². The first kappa shape index (κ1) is 25.1. The van der Waals surface area contributed by atoms with Gasteiger partial charge in [-0.15, -0.1) is 0 Å². The molecule has 0 aromatic heterocycles. The first-order chi connectivity index (χ1) is 16.8. The average Bonchev–Trinajstić information content (AvgIpc) is 2.86. The first-order valence-corrected chi connectivity index (χ1v) is 10.6. The minimum absolute atomic E-state index is 0.124. The zero-order valence-electron chi connectivity index (χ0n) is 18.9. The van der Waals surface area contributed by atoms with E-state index in [0.717, 1.165) is 5.56 Å². The number of carboxylic acid groups (broad SMARTS) is 1. The Bertz CT molecular complexity index is 1300. The van der Waals surface area contributed by atoms with Gasteiger partial charge in [-0.3, -0.25) is 4.79 Å². The molecule has 0 fully saturated rings. The molecule has 0 radical (unpaired) electrons. The highest BCUT2D eigenvalue weighted by molar-refractivity contribution is 6.32. The van der Waals surface area contributed by atoms with E-state index in [9.17, 15) is 14.9 Å². The monoisotopic (exact) mass is 492 g/mol. The molecule has 0 saturated heterocycles. The summed E-state index contributed by atoms with van der Waals surface area (Å²) in [6, 6.07) is 18.0. The van der Waals surface area contributed by atoms with Gasteiger partial charge < -0.3 is 24.6 Å². The van der Waals surface area contributed by atoms with E-state index in [0.29, 0.717) is 22.7 Å². The smallest absolute Gasteiger partial charge is 0.335 e. The third kappa shape index (κ3) is 6.53. The number of halogens is 1. The van der Waals surface area contributed by atoms with E-state index in [2.05, 4.69) is 5.32 Å². The maximum atomic E-state index is 12.6. The number of nitriles is 1. The van der Waals surface area contributed by atoms with E-state index >= 15 is 0 Å². The zero-order chi connectivity index (χ0) is 25.4. The number of benzene rings is 3. The molecule has 0 unspecified atom stereocenters. The van der Waals surface area contributed by atoms with Crippen LogP contribution in [0.1, 0.15) is 21.5 Å². The fraction of sp³-hybridized carbons (Fsp3) is 0.115. The molecule has 0 saturated carbocycles. The Morgan fingerprint density at radius 3 is 2.31 bits per heavy atom. The predicted octanol–water partition coefficient (Wildman–Crippen LogP) is 5.18. The summed E-state index contributed by atoms with van der Waals surface area (Å²) in [7, 11) is 2.98. The number of amides is 1. The number of aromatic carboxylic acids is 1. The van der Waals surface area contributed by atoms with Gasteiger partial charge in [0, 0.05) is 5.69 Å². The fourth-order valence-electron chi connectivity index (χ4n) is 3.05. The largest absolute Gasteiger partial charge is 0.497 e. The summed E-state index contributed by atoms with van der Waals surface area (Å²) in [6.45, 7) is 0.124. The van der Waals surface area contributed by atoms with E-state index in [1.54, 1.807) is 55.6 Å². The zero-order valence-corrected chi connectivity index (χ0v) is 19.6. The molecule has 8 nitrogen and oxygen atoms in total. The predicted molar refractivity (Wildman–Crippen MR) is 131 cm³/mol. The number of anilines is 1. The Morgan fingerprint density at radius 2 is 1.74 bits per heavy atom. The van der Waals surface area contributed by atoms with Gasteiger partial charge in [-0.2, -0.15) is 5.26 Å². The van der Waals surface area contributed by atoms with Gasteiger partial charge in [-0.1, -0.05) is 23.7 Å². The topological polar surface area (TPSA) is 118 Å². The van der Waals surface area contributed by atoms with E-state index < -0.39 is 11.9 Å². The Labute approximate surface area is 206 Å². The van der Waals surface area contributed by atoms with Crippen LogP contribution in [0.15, 0.2) is 66.2 Å². The molecular formula is C26H21ClN2O6. The summed E-state index contributed by atoms with van der Waals surface area (Å²) in [5.41, 5.74) is 1.74. The fourth-order valence-corrected chi connectivity index (χ4v) is 3.32. The lowest BCUT2D eigenvalue weighted by molar-refractivity contribution is -0.112. The molecule has 0 spiro atoms. The minimum atomic E-state index is -1.01. The Kier molecular flexibility index (Phi) is 8.33. The summed E-state index contributed by atoms with van der Waals surface area (Å²) in [4.78, 5) is 23.6. The van der Waals surface area contributed by atoms with Crippen molar-refractivity contribution in [2.24, 2.45) is 0 Å². The first-order valence-electron chi connectivity index (χ1n) is 10.2. The molecule has 0 aliphatic rings. The van der Waals surface area contributed by atoms with Crippen LogP contribution in [0.4, 0.5) is 5.69 Å². The van der Waals surface area contributed by atoms with Gasteiger partial charge in [0.25, 0.3) is 5.91 Å². The van der Waals surface area contributed by atoms with Crippen molar-refractivity contribution in [1.29, 1.82) is 5.26 Å². The van der Waals surface area contributed by atoms with Crippen molar-refractivity contribution in [3.05, 3.63) is 87.9 Å². The summed E-state index contributed by atoms with van der Waals surface area (Å²) in [6.07, 6.45) is 1.39. The average molecular weight is 493 g/mol. The van der Waals surface area contributed by atoms with Crippen molar-refractivity contribution in [1.82, 2.24) is 0 Å². The molecule has 3 aromatic carbocycles. The lowest BCUT2D eigenvalue weighted by atomic mass is 10.1. The molecule has 178 valence electrons. The van der Waals surface area contributed by atoms with Crippen LogP contribution >= 0.6 is 11.6 Å².